The standard InChI is InChI=1S/C16H11N5O3/c1-24-14-8-10(6-7-13(14)20-9-17-18-19-20)21-15(22)11-4-2-3-5-12(11)16(21)23/h2-9H,1H3. The summed E-state index contributed by atoms with van der Waals surface area (Å²) in [7, 11) is 1.50. The van der Waals surface area contributed by atoms with Crippen LogP contribution in [0.15, 0.2) is 48.8 Å². The highest BCUT2D eigenvalue weighted by atomic mass is 16.5. The number of anilines is 1. The van der Waals surface area contributed by atoms with Crippen molar-refractivity contribution in [3.63, 3.8) is 0 Å². The third kappa shape index (κ3) is 1.97. The first-order valence-corrected chi connectivity index (χ1v) is 7.10. The molecule has 1 aliphatic heterocycles. The van der Waals surface area contributed by atoms with Gasteiger partial charge in [0.05, 0.1) is 23.9 Å². The van der Waals surface area contributed by atoms with Crippen molar-refractivity contribution in [3.05, 3.63) is 59.9 Å². The van der Waals surface area contributed by atoms with Crippen LogP contribution in [0.5, 0.6) is 5.75 Å². The lowest BCUT2D eigenvalue weighted by atomic mass is 10.1. The van der Waals surface area contributed by atoms with E-state index in [1.165, 1.54) is 18.1 Å². The van der Waals surface area contributed by atoms with Gasteiger partial charge in [0.1, 0.15) is 17.8 Å². The molecule has 0 saturated heterocycles. The van der Waals surface area contributed by atoms with E-state index in [9.17, 15) is 9.59 Å². The molecule has 8 heteroatoms. The highest BCUT2D eigenvalue weighted by Crippen LogP contribution is 2.33. The van der Waals surface area contributed by atoms with Gasteiger partial charge in [0.2, 0.25) is 0 Å². The first-order chi connectivity index (χ1) is 11.7. The third-order valence-electron chi connectivity index (χ3n) is 3.81. The van der Waals surface area contributed by atoms with Gasteiger partial charge in [-0.2, -0.15) is 4.68 Å². The average Bonchev–Trinajstić information content (AvgIpc) is 3.23. The molecule has 1 aliphatic rings. The SMILES string of the molecule is COc1cc(N2C(=O)c3ccccc3C2=O)ccc1-n1cnnn1. The minimum absolute atomic E-state index is 0.354. The van der Waals surface area contributed by atoms with Gasteiger partial charge in [0, 0.05) is 6.07 Å². The number of methoxy groups -OCH3 is 1. The lowest BCUT2D eigenvalue weighted by Gasteiger charge is -2.16. The maximum atomic E-state index is 12.5. The van der Waals surface area contributed by atoms with Crippen LogP contribution in [0.25, 0.3) is 5.69 Å². The Morgan fingerprint density at radius 2 is 1.71 bits per heavy atom. The molecule has 0 aliphatic carbocycles. The smallest absolute Gasteiger partial charge is 0.266 e. The Bertz CT molecular complexity index is 917. The molecule has 0 radical (unpaired) electrons. The van der Waals surface area contributed by atoms with Gasteiger partial charge in [0.25, 0.3) is 11.8 Å². The van der Waals surface area contributed by atoms with Gasteiger partial charge in [-0.05, 0) is 34.7 Å². The van der Waals surface area contributed by atoms with Crippen LogP contribution in [0.4, 0.5) is 5.69 Å². The second kappa shape index (κ2) is 5.27. The lowest BCUT2D eigenvalue weighted by molar-refractivity contribution is 0.0926. The average molecular weight is 321 g/mol. The number of hydrogen-bond donors (Lipinski definition) is 0. The zero-order valence-corrected chi connectivity index (χ0v) is 12.6. The summed E-state index contributed by atoms with van der Waals surface area (Å²) in [6.07, 6.45) is 1.43. The molecule has 118 valence electrons. The van der Waals surface area contributed by atoms with Gasteiger partial charge in [-0.1, -0.05) is 12.1 Å². The molecule has 24 heavy (non-hydrogen) atoms. The van der Waals surface area contributed by atoms with E-state index in [-0.39, 0.29) is 11.8 Å². The molecule has 0 atom stereocenters. The molecular formula is C16H11N5O3. The number of nitrogens with zero attached hydrogens (tertiary/aromatic N) is 5. The minimum Gasteiger partial charge on any atom is -0.494 e. The van der Waals surface area contributed by atoms with Crippen LogP contribution < -0.4 is 9.64 Å². The summed E-state index contributed by atoms with van der Waals surface area (Å²) in [5.41, 5.74) is 1.81. The summed E-state index contributed by atoms with van der Waals surface area (Å²) >= 11 is 0. The van der Waals surface area contributed by atoms with Crippen LogP contribution in [0.3, 0.4) is 0 Å². The fourth-order valence-electron chi connectivity index (χ4n) is 2.69. The van der Waals surface area contributed by atoms with Gasteiger partial charge in [0.15, 0.2) is 0 Å². The number of carbonyl (C=O) groups excluding carboxylic acids is 2. The van der Waals surface area contributed by atoms with Crippen molar-refractivity contribution in [3.8, 4) is 11.4 Å². The highest BCUT2D eigenvalue weighted by Gasteiger charge is 2.36. The molecule has 4 rings (SSSR count). The number of hydrogen-bond acceptors (Lipinski definition) is 6. The Balaban J connectivity index is 1.79. The van der Waals surface area contributed by atoms with Gasteiger partial charge in [-0.3, -0.25) is 9.59 Å². The Labute approximate surface area is 136 Å². The number of benzene rings is 2. The van der Waals surface area contributed by atoms with Crippen LogP contribution in [0, 0.1) is 0 Å². The molecule has 2 heterocycles. The molecule has 2 aromatic carbocycles. The zero-order valence-electron chi connectivity index (χ0n) is 12.6. The van der Waals surface area contributed by atoms with Crippen molar-refractivity contribution in [1.82, 2.24) is 20.2 Å². The van der Waals surface area contributed by atoms with E-state index in [4.69, 9.17) is 4.74 Å². The van der Waals surface area contributed by atoms with Crippen LogP contribution >= 0.6 is 0 Å². The summed E-state index contributed by atoms with van der Waals surface area (Å²) in [6, 6.07) is 11.7. The molecule has 0 fully saturated rings. The first kappa shape index (κ1) is 14.1. The lowest BCUT2D eigenvalue weighted by Crippen LogP contribution is -2.29. The van der Waals surface area contributed by atoms with E-state index in [1.54, 1.807) is 42.5 Å². The number of aromatic nitrogens is 4. The Morgan fingerprint density at radius 1 is 1.00 bits per heavy atom. The predicted octanol–water partition coefficient (Wildman–Crippen LogP) is 1.47. The van der Waals surface area contributed by atoms with E-state index in [1.807, 2.05) is 0 Å². The Kier molecular flexibility index (Phi) is 3.09. The molecule has 2 amide bonds. The molecule has 3 aromatic rings. The summed E-state index contributed by atoms with van der Waals surface area (Å²) in [5, 5.41) is 11.0. The second-order valence-electron chi connectivity index (χ2n) is 5.10. The number of imide groups is 1. The maximum absolute atomic E-state index is 12.5. The summed E-state index contributed by atoms with van der Waals surface area (Å²) in [5.74, 6) is -0.267. The molecule has 0 N–H and O–H groups in total. The van der Waals surface area contributed by atoms with E-state index >= 15 is 0 Å². The van der Waals surface area contributed by atoms with Crippen molar-refractivity contribution < 1.29 is 14.3 Å². The number of rotatable bonds is 3. The van der Waals surface area contributed by atoms with E-state index in [0.717, 1.165) is 4.90 Å². The second-order valence-corrected chi connectivity index (χ2v) is 5.10. The van der Waals surface area contributed by atoms with Gasteiger partial charge in [-0.15, -0.1) is 5.10 Å². The molecule has 1 aromatic heterocycles. The largest absolute Gasteiger partial charge is 0.494 e. The van der Waals surface area contributed by atoms with E-state index in [2.05, 4.69) is 15.5 Å². The normalized spacial score (nSPS) is 13.3. The summed E-state index contributed by atoms with van der Waals surface area (Å²) in [6.45, 7) is 0. The number of amides is 2. The number of carbonyl (C=O) groups is 2. The monoisotopic (exact) mass is 321 g/mol. The van der Waals surface area contributed by atoms with Gasteiger partial charge >= 0.3 is 0 Å². The van der Waals surface area contributed by atoms with Crippen molar-refractivity contribution in [2.45, 2.75) is 0 Å². The quantitative estimate of drug-likeness (QED) is 0.679. The van der Waals surface area contributed by atoms with Crippen LogP contribution in [-0.4, -0.2) is 39.1 Å². The molecule has 0 saturated carbocycles. The maximum Gasteiger partial charge on any atom is 0.266 e. The molecule has 0 bridgehead atoms. The number of fused-ring (bicyclic) bond motifs is 1. The predicted molar refractivity (Wildman–Crippen MR) is 83.3 cm³/mol. The highest BCUT2D eigenvalue weighted by molar-refractivity contribution is 6.34. The molecule has 8 nitrogen and oxygen atoms in total. The summed E-state index contributed by atoms with van der Waals surface area (Å²) < 4.78 is 6.79. The number of ether oxygens (including phenoxy) is 1. The van der Waals surface area contributed by atoms with Crippen LogP contribution in [0.2, 0.25) is 0 Å². The first-order valence-electron chi connectivity index (χ1n) is 7.10. The van der Waals surface area contributed by atoms with Gasteiger partial charge in [-0.25, -0.2) is 4.90 Å². The van der Waals surface area contributed by atoms with Gasteiger partial charge < -0.3 is 4.74 Å². The van der Waals surface area contributed by atoms with E-state index < -0.39 is 0 Å². The van der Waals surface area contributed by atoms with Crippen molar-refractivity contribution in [2.24, 2.45) is 0 Å². The van der Waals surface area contributed by atoms with Crippen molar-refractivity contribution >= 4 is 17.5 Å². The molecule has 0 spiro atoms. The van der Waals surface area contributed by atoms with E-state index in [0.29, 0.717) is 28.3 Å². The minimum atomic E-state index is -0.354. The third-order valence-corrected chi connectivity index (χ3v) is 3.81. The van der Waals surface area contributed by atoms with Crippen molar-refractivity contribution in [2.75, 3.05) is 12.0 Å². The Hall–Kier alpha value is -3.55. The number of tetrazole rings is 1. The summed E-state index contributed by atoms with van der Waals surface area (Å²) in [4.78, 5) is 26.2. The molecular weight excluding hydrogens is 310 g/mol. The Morgan fingerprint density at radius 3 is 2.29 bits per heavy atom. The fraction of sp³-hybridized carbons (Fsp3) is 0.0625. The van der Waals surface area contributed by atoms with Crippen molar-refractivity contribution in [1.29, 1.82) is 0 Å². The van der Waals surface area contributed by atoms with Crippen LogP contribution in [-0.2, 0) is 0 Å². The molecule has 0 unspecified atom stereocenters. The topological polar surface area (TPSA) is 90.2 Å². The fourth-order valence-corrected chi connectivity index (χ4v) is 2.69. The zero-order chi connectivity index (χ0) is 16.7. The van der Waals surface area contributed by atoms with Crippen LogP contribution in [0.1, 0.15) is 20.7 Å².